The van der Waals surface area contributed by atoms with Crippen LogP contribution in [0.2, 0.25) is 0 Å². The molecule has 0 amide bonds. The first-order valence-electron chi connectivity index (χ1n) is 8.60. The molecular formula is C17H28F4N2. The van der Waals surface area contributed by atoms with Crippen LogP contribution in [0.1, 0.15) is 90.5 Å². The van der Waals surface area contributed by atoms with E-state index >= 15 is 0 Å². The fraction of sp³-hybridized carbons (Fsp3) is 0.824. The van der Waals surface area contributed by atoms with Crippen molar-refractivity contribution in [1.82, 2.24) is 9.78 Å². The number of hydrogen-bond acceptors (Lipinski definition) is 1. The Balaban J connectivity index is 2.94. The number of rotatable bonds is 11. The van der Waals surface area contributed by atoms with Gasteiger partial charge in [0.25, 0.3) is 6.43 Å². The molecule has 2 nitrogen and oxygen atoms in total. The molecule has 0 fully saturated rings. The minimum Gasteiger partial charge on any atom is -0.230 e. The molecule has 0 aromatic carbocycles. The van der Waals surface area contributed by atoms with Gasteiger partial charge in [-0.15, -0.1) is 5.10 Å². The molecule has 0 aliphatic rings. The first kappa shape index (κ1) is 20.0. The summed E-state index contributed by atoms with van der Waals surface area (Å²) in [6, 6.07) is 0. The van der Waals surface area contributed by atoms with Crippen LogP contribution in [0.5, 0.6) is 0 Å². The number of halogens is 4. The van der Waals surface area contributed by atoms with Crippen LogP contribution in [0.4, 0.5) is 17.6 Å². The van der Waals surface area contributed by atoms with Gasteiger partial charge in [0.05, 0.1) is 5.54 Å². The summed E-state index contributed by atoms with van der Waals surface area (Å²) in [6.07, 6.45) is 4.95. The SMILES string of the molecule is CCCCCCCC(C)(CCCC)n1nc(F)c(C(F)F)c1F. The molecule has 1 aromatic rings. The molecule has 134 valence electrons. The van der Waals surface area contributed by atoms with Crippen molar-refractivity contribution < 1.29 is 17.6 Å². The highest BCUT2D eigenvalue weighted by Gasteiger charge is 2.35. The summed E-state index contributed by atoms with van der Waals surface area (Å²) in [5.74, 6) is -2.63. The molecule has 1 unspecified atom stereocenters. The van der Waals surface area contributed by atoms with Gasteiger partial charge >= 0.3 is 0 Å². The van der Waals surface area contributed by atoms with Gasteiger partial charge in [0.1, 0.15) is 5.56 Å². The van der Waals surface area contributed by atoms with Crippen LogP contribution in [0.25, 0.3) is 0 Å². The lowest BCUT2D eigenvalue weighted by Gasteiger charge is -2.30. The van der Waals surface area contributed by atoms with Crippen molar-refractivity contribution in [3.05, 3.63) is 17.5 Å². The Morgan fingerprint density at radius 1 is 0.957 bits per heavy atom. The Morgan fingerprint density at radius 3 is 2.04 bits per heavy atom. The second-order valence-electron chi connectivity index (χ2n) is 6.47. The number of unbranched alkanes of at least 4 members (excludes halogenated alkanes) is 5. The molecule has 0 spiro atoms. The monoisotopic (exact) mass is 336 g/mol. The van der Waals surface area contributed by atoms with E-state index in [9.17, 15) is 17.6 Å². The largest absolute Gasteiger partial charge is 0.272 e. The van der Waals surface area contributed by atoms with Crippen molar-refractivity contribution in [3.63, 3.8) is 0 Å². The Hall–Kier alpha value is -1.07. The highest BCUT2D eigenvalue weighted by Crippen LogP contribution is 2.34. The van der Waals surface area contributed by atoms with Gasteiger partial charge in [-0.25, -0.2) is 13.5 Å². The summed E-state index contributed by atoms with van der Waals surface area (Å²) in [5, 5.41) is 3.47. The third kappa shape index (κ3) is 5.21. The van der Waals surface area contributed by atoms with Crippen molar-refractivity contribution in [2.75, 3.05) is 0 Å². The summed E-state index contributed by atoms with van der Waals surface area (Å²) >= 11 is 0. The lowest BCUT2D eigenvalue weighted by molar-refractivity contribution is 0.137. The van der Waals surface area contributed by atoms with Gasteiger partial charge in [0.15, 0.2) is 0 Å². The Kier molecular flexibility index (Phi) is 8.06. The van der Waals surface area contributed by atoms with E-state index in [2.05, 4.69) is 12.0 Å². The van der Waals surface area contributed by atoms with Gasteiger partial charge in [0.2, 0.25) is 11.9 Å². The third-order valence-corrected chi connectivity index (χ3v) is 4.44. The molecule has 1 aromatic heterocycles. The zero-order valence-electron chi connectivity index (χ0n) is 14.3. The fourth-order valence-corrected chi connectivity index (χ4v) is 2.93. The van der Waals surface area contributed by atoms with Gasteiger partial charge in [-0.3, -0.25) is 0 Å². The second-order valence-corrected chi connectivity index (χ2v) is 6.47. The topological polar surface area (TPSA) is 17.8 Å². The summed E-state index contributed by atoms with van der Waals surface area (Å²) in [7, 11) is 0. The lowest BCUT2D eigenvalue weighted by atomic mass is 9.88. The molecule has 6 heteroatoms. The van der Waals surface area contributed by atoms with E-state index in [0.717, 1.165) is 49.6 Å². The van der Waals surface area contributed by atoms with Gasteiger partial charge in [-0.2, -0.15) is 8.78 Å². The minimum absolute atomic E-state index is 0.595. The van der Waals surface area contributed by atoms with Gasteiger partial charge in [-0.1, -0.05) is 58.8 Å². The van der Waals surface area contributed by atoms with Crippen molar-refractivity contribution in [3.8, 4) is 0 Å². The standard InChI is InChI=1S/C17H28F4N2/c1-4-6-8-9-10-12-17(3,11-7-5-2)23-16(21)13(14(18)19)15(20)22-23/h14H,4-12H2,1-3H3. The van der Waals surface area contributed by atoms with Gasteiger partial charge < -0.3 is 0 Å². The van der Waals surface area contributed by atoms with Crippen molar-refractivity contribution in [1.29, 1.82) is 0 Å². The fourth-order valence-electron chi connectivity index (χ4n) is 2.93. The van der Waals surface area contributed by atoms with Gasteiger partial charge in [-0.05, 0) is 19.8 Å². The molecule has 1 rings (SSSR count). The Bertz CT molecular complexity index is 473. The van der Waals surface area contributed by atoms with E-state index in [1.807, 2.05) is 6.92 Å². The zero-order chi connectivity index (χ0) is 17.5. The van der Waals surface area contributed by atoms with Crippen molar-refractivity contribution in [2.24, 2.45) is 0 Å². The molecule has 0 aliphatic carbocycles. The molecule has 1 atom stereocenters. The maximum absolute atomic E-state index is 14.3. The predicted molar refractivity (Wildman–Crippen MR) is 83.6 cm³/mol. The van der Waals surface area contributed by atoms with E-state index in [4.69, 9.17) is 0 Å². The summed E-state index contributed by atoms with van der Waals surface area (Å²) in [4.78, 5) is 0. The molecule has 0 bridgehead atoms. The van der Waals surface area contributed by atoms with Crippen LogP contribution in [-0.4, -0.2) is 9.78 Å². The number of alkyl halides is 2. The Labute approximate surface area is 136 Å². The van der Waals surface area contributed by atoms with Crippen LogP contribution >= 0.6 is 0 Å². The van der Waals surface area contributed by atoms with E-state index in [1.54, 1.807) is 6.92 Å². The van der Waals surface area contributed by atoms with E-state index in [-0.39, 0.29) is 0 Å². The Morgan fingerprint density at radius 2 is 1.52 bits per heavy atom. The lowest BCUT2D eigenvalue weighted by Crippen LogP contribution is -2.33. The van der Waals surface area contributed by atoms with Crippen LogP contribution in [0, 0.1) is 11.9 Å². The normalized spacial score (nSPS) is 14.4. The number of aromatic nitrogens is 2. The van der Waals surface area contributed by atoms with E-state index in [0.29, 0.717) is 12.8 Å². The second kappa shape index (κ2) is 9.28. The average molecular weight is 336 g/mol. The van der Waals surface area contributed by atoms with Crippen molar-refractivity contribution in [2.45, 2.75) is 90.5 Å². The zero-order valence-corrected chi connectivity index (χ0v) is 14.3. The smallest absolute Gasteiger partial charge is 0.230 e. The van der Waals surface area contributed by atoms with Crippen LogP contribution in [-0.2, 0) is 5.54 Å². The maximum Gasteiger partial charge on any atom is 0.272 e. The number of nitrogens with zero attached hydrogens (tertiary/aromatic N) is 2. The highest BCUT2D eigenvalue weighted by molar-refractivity contribution is 5.12. The van der Waals surface area contributed by atoms with Crippen LogP contribution in [0.15, 0.2) is 0 Å². The van der Waals surface area contributed by atoms with Crippen LogP contribution < -0.4 is 0 Å². The predicted octanol–water partition coefficient (Wildman–Crippen LogP) is 6.36. The van der Waals surface area contributed by atoms with Gasteiger partial charge in [0, 0.05) is 0 Å². The average Bonchev–Trinajstić information content (AvgIpc) is 2.80. The third-order valence-electron chi connectivity index (χ3n) is 4.44. The van der Waals surface area contributed by atoms with E-state index in [1.165, 1.54) is 0 Å². The molecule has 1 heterocycles. The highest BCUT2D eigenvalue weighted by atomic mass is 19.3. The molecule has 0 radical (unpaired) electrons. The first-order chi connectivity index (χ1) is 10.9. The first-order valence-corrected chi connectivity index (χ1v) is 8.60. The molecule has 0 saturated carbocycles. The molecule has 0 N–H and O–H groups in total. The maximum atomic E-state index is 14.3. The van der Waals surface area contributed by atoms with Crippen LogP contribution in [0.3, 0.4) is 0 Å². The summed E-state index contributed by atoms with van der Waals surface area (Å²) < 4.78 is 54.3. The van der Waals surface area contributed by atoms with E-state index < -0.39 is 29.4 Å². The summed E-state index contributed by atoms with van der Waals surface area (Å²) in [6.45, 7) is 5.92. The minimum atomic E-state index is -3.19. The molecule has 0 aliphatic heterocycles. The quantitative estimate of drug-likeness (QED) is 0.339. The molecular weight excluding hydrogens is 308 g/mol. The number of hydrogen-bond donors (Lipinski definition) is 0. The summed E-state index contributed by atoms with van der Waals surface area (Å²) in [5.41, 5.74) is -1.97. The molecule has 23 heavy (non-hydrogen) atoms. The molecule has 0 saturated heterocycles. The van der Waals surface area contributed by atoms with Crippen molar-refractivity contribution >= 4 is 0 Å².